The molecule has 0 aliphatic heterocycles. The van der Waals surface area contributed by atoms with Gasteiger partial charge in [0.25, 0.3) is 0 Å². The van der Waals surface area contributed by atoms with Gasteiger partial charge in [0.2, 0.25) is 0 Å². The van der Waals surface area contributed by atoms with Crippen molar-refractivity contribution >= 4 is 17.6 Å². The maximum absolute atomic E-state index is 12.7. The molecule has 0 radical (unpaired) electrons. The maximum atomic E-state index is 12.7. The van der Waals surface area contributed by atoms with Crippen LogP contribution < -0.4 is 9.47 Å². The Morgan fingerprint density at radius 2 is 1.18 bits per heavy atom. The number of carbonyl (C=O) groups excluding carboxylic acids is 2. The highest BCUT2D eigenvalue weighted by molar-refractivity contribution is 5.92. The molecule has 0 fully saturated rings. The van der Waals surface area contributed by atoms with Gasteiger partial charge in [0.15, 0.2) is 5.75 Å². The van der Waals surface area contributed by atoms with E-state index in [0.29, 0.717) is 35.7 Å². The molecule has 3 rings (SSSR count). The van der Waals surface area contributed by atoms with Crippen molar-refractivity contribution < 1.29 is 28.7 Å². The van der Waals surface area contributed by atoms with Crippen molar-refractivity contribution in [2.45, 2.75) is 117 Å². The summed E-state index contributed by atoms with van der Waals surface area (Å²) in [6, 6.07) is 17.8. The lowest BCUT2D eigenvalue weighted by atomic mass is 10.0. The minimum absolute atomic E-state index is 0.0847. The molecule has 266 valence electrons. The van der Waals surface area contributed by atoms with Crippen molar-refractivity contribution in [1.29, 1.82) is 0 Å². The largest absolute Gasteiger partial charge is 0.487 e. The minimum Gasteiger partial charge on any atom is -0.487 e. The van der Waals surface area contributed by atoms with Gasteiger partial charge in [-0.2, -0.15) is 0 Å². The van der Waals surface area contributed by atoms with Gasteiger partial charge in [-0.15, -0.1) is 0 Å². The van der Waals surface area contributed by atoms with Gasteiger partial charge >= 0.3 is 17.6 Å². The number of nitro groups is 1. The van der Waals surface area contributed by atoms with Crippen LogP contribution in [-0.4, -0.2) is 30.1 Å². The Morgan fingerprint density at radius 1 is 0.673 bits per heavy atom. The second-order valence-corrected chi connectivity index (χ2v) is 13.0. The molecule has 0 aliphatic carbocycles. The SMILES string of the molecule is CCCCCCCCCCCCCCCCOc1ccc(-c2ccc(C(=O)Oc3ccc(C(=O)OC[C@@H](C)CC)cc3)cc2)cc1[N+](=O)[O-]. The number of ether oxygens (including phenoxy) is 3. The van der Waals surface area contributed by atoms with E-state index in [1.807, 2.05) is 13.8 Å². The van der Waals surface area contributed by atoms with Gasteiger partial charge in [0.05, 0.1) is 29.3 Å². The van der Waals surface area contributed by atoms with E-state index in [1.54, 1.807) is 60.7 Å². The lowest BCUT2D eigenvalue weighted by Gasteiger charge is -2.10. The van der Waals surface area contributed by atoms with Gasteiger partial charge in [-0.25, -0.2) is 9.59 Å². The number of unbranched alkanes of at least 4 members (excludes halogenated alkanes) is 13. The monoisotopic (exact) mass is 673 g/mol. The van der Waals surface area contributed by atoms with E-state index in [-0.39, 0.29) is 17.4 Å². The lowest BCUT2D eigenvalue weighted by Crippen LogP contribution is -2.12. The van der Waals surface area contributed by atoms with Crippen molar-refractivity contribution in [2.75, 3.05) is 13.2 Å². The molecule has 0 bridgehead atoms. The molecule has 0 aromatic heterocycles. The summed E-state index contributed by atoms with van der Waals surface area (Å²) < 4.78 is 16.6. The highest BCUT2D eigenvalue weighted by Gasteiger charge is 2.18. The first-order valence-electron chi connectivity index (χ1n) is 18.3. The van der Waals surface area contributed by atoms with E-state index >= 15 is 0 Å². The molecule has 49 heavy (non-hydrogen) atoms. The molecule has 0 heterocycles. The molecule has 0 amide bonds. The summed E-state index contributed by atoms with van der Waals surface area (Å²) in [6.45, 7) is 7.11. The first kappa shape index (κ1) is 39.2. The van der Waals surface area contributed by atoms with Crippen molar-refractivity contribution in [3.8, 4) is 22.6 Å². The summed E-state index contributed by atoms with van der Waals surface area (Å²) in [7, 11) is 0. The van der Waals surface area contributed by atoms with Crippen LogP contribution in [0.5, 0.6) is 11.5 Å². The van der Waals surface area contributed by atoms with E-state index in [9.17, 15) is 19.7 Å². The van der Waals surface area contributed by atoms with Crippen molar-refractivity contribution in [1.82, 2.24) is 0 Å². The second-order valence-electron chi connectivity index (χ2n) is 13.0. The number of hydrogen-bond acceptors (Lipinski definition) is 7. The zero-order chi connectivity index (χ0) is 35.3. The smallest absolute Gasteiger partial charge is 0.343 e. The number of nitro benzene ring substituents is 1. The topological polar surface area (TPSA) is 105 Å². The second kappa shape index (κ2) is 22.4. The number of rotatable bonds is 24. The molecule has 1 atom stereocenters. The predicted octanol–water partition coefficient (Wildman–Crippen LogP) is 11.5. The third-order valence-electron chi connectivity index (χ3n) is 8.86. The van der Waals surface area contributed by atoms with Crippen molar-refractivity contribution in [2.24, 2.45) is 5.92 Å². The molecule has 3 aromatic carbocycles. The number of benzene rings is 3. The molecule has 8 heteroatoms. The highest BCUT2D eigenvalue weighted by atomic mass is 16.6. The third kappa shape index (κ3) is 14.4. The quantitative estimate of drug-likeness (QED) is 0.0306. The fourth-order valence-electron chi connectivity index (χ4n) is 5.48. The van der Waals surface area contributed by atoms with Gasteiger partial charge in [0.1, 0.15) is 5.75 Å². The van der Waals surface area contributed by atoms with Crippen LogP contribution in [0.4, 0.5) is 5.69 Å². The summed E-state index contributed by atoms with van der Waals surface area (Å²) in [5, 5.41) is 11.9. The van der Waals surface area contributed by atoms with E-state index < -0.39 is 16.9 Å². The third-order valence-corrected chi connectivity index (χ3v) is 8.86. The van der Waals surface area contributed by atoms with Crippen LogP contribution in [0.1, 0.15) is 138 Å². The normalized spacial score (nSPS) is 11.6. The molecule has 0 spiro atoms. The number of hydrogen-bond donors (Lipinski definition) is 0. The van der Waals surface area contributed by atoms with E-state index in [4.69, 9.17) is 14.2 Å². The Labute approximate surface area is 292 Å². The van der Waals surface area contributed by atoms with Crippen LogP contribution in [0.25, 0.3) is 11.1 Å². The summed E-state index contributed by atoms with van der Waals surface area (Å²) in [6.07, 6.45) is 18.7. The first-order chi connectivity index (χ1) is 23.8. The predicted molar refractivity (Wildman–Crippen MR) is 195 cm³/mol. The summed E-state index contributed by atoms with van der Waals surface area (Å²) in [4.78, 5) is 36.4. The van der Waals surface area contributed by atoms with Crippen LogP contribution in [-0.2, 0) is 4.74 Å². The Bertz CT molecular complexity index is 1420. The van der Waals surface area contributed by atoms with Crippen LogP contribution in [0.3, 0.4) is 0 Å². The van der Waals surface area contributed by atoms with Gasteiger partial charge in [0, 0.05) is 6.07 Å². The number of esters is 2. The Hall–Kier alpha value is -4.20. The first-order valence-corrected chi connectivity index (χ1v) is 18.3. The summed E-state index contributed by atoms with van der Waals surface area (Å²) >= 11 is 0. The molecule has 0 saturated heterocycles. The molecule has 0 N–H and O–H groups in total. The zero-order valence-corrected chi connectivity index (χ0v) is 29.8. The lowest BCUT2D eigenvalue weighted by molar-refractivity contribution is -0.385. The van der Waals surface area contributed by atoms with Crippen molar-refractivity contribution in [3.63, 3.8) is 0 Å². The van der Waals surface area contributed by atoms with Gasteiger partial charge in [-0.1, -0.05) is 129 Å². The number of nitrogens with zero attached hydrogens (tertiary/aromatic N) is 1. The standard InChI is InChI=1S/C41H55NO7/c1-4-6-7-8-9-10-11-12-13-14-15-16-17-18-29-47-39-28-25-36(30-38(39)42(45)46)33-19-21-35(22-20-33)41(44)49-37-26-23-34(24-27-37)40(43)48-31-32(3)5-2/h19-28,30,32H,4-18,29,31H2,1-3H3/t32-/m0/s1. The molecular weight excluding hydrogens is 618 g/mol. The van der Waals surface area contributed by atoms with E-state index in [1.165, 1.54) is 76.7 Å². The summed E-state index contributed by atoms with van der Waals surface area (Å²) in [5.74, 6) is -0.130. The van der Waals surface area contributed by atoms with Crippen LogP contribution in [0.2, 0.25) is 0 Å². The summed E-state index contributed by atoms with van der Waals surface area (Å²) in [5.41, 5.74) is 1.99. The van der Waals surface area contributed by atoms with E-state index in [2.05, 4.69) is 6.92 Å². The highest BCUT2D eigenvalue weighted by Crippen LogP contribution is 2.33. The van der Waals surface area contributed by atoms with Crippen LogP contribution >= 0.6 is 0 Å². The number of carbonyl (C=O) groups is 2. The van der Waals surface area contributed by atoms with Gasteiger partial charge < -0.3 is 14.2 Å². The Kier molecular flexibility index (Phi) is 18.0. The Morgan fingerprint density at radius 3 is 1.73 bits per heavy atom. The molecule has 0 saturated carbocycles. The molecule has 3 aromatic rings. The molecule has 0 unspecified atom stereocenters. The molecular formula is C41H55NO7. The van der Waals surface area contributed by atoms with Crippen molar-refractivity contribution in [3.05, 3.63) is 88.0 Å². The zero-order valence-electron chi connectivity index (χ0n) is 29.8. The maximum Gasteiger partial charge on any atom is 0.343 e. The van der Waals surface area contributed by atoms with E-state index in [0.717, 1.165) is 31.2 Å². The molecule has 8 nitrogen and oxygen atoms in total. The van der Waals surface area contributed by atoms with Gasteiger partial charge in [-0.05, 0) is 65.9 Å². The minimum atomic E-state index is -0.558. The van der Waals surface area contributed by atoms with Crippen LogP contribution in [0, 0.1) is 16.0 Å². The average Bonchev–Trinajstić information content (AvgIpc) is 3.12. The fraction of sp³-hybridized carbons (Fsp3) is 0.512. The average molecular weight is 674 g/mol. The fourth-order valence-corrected chi connectivity index (χ4v) is 5.48. The van der Waals surface area contributed by atoms with Gasteiger partial charge in [-0.3, -0.25) is 10.1 Å². The Balaban J connectivity index is 1.40. The molecule has 0 aliphatic rings. The van der Waals surface area contributed by atoms with Crippen LogP contribution in [0.15, 0.2) is 66.7 Å².